The zero-order valence-corrected chi connectivity index (χ0v) is 22.0. The predicted octanol–water partition coefficient (Wildman–Crippen LogP) is 6.53. The highest BCUT2D eigenvalue weighted by atomic mass is 35.5. The van der Waals surface area contributed by atoms with Gasteiger partial charge in [0.05, 0.1) is 21.2 Å². The van der Waals surface area contributed by atoms with E-state index in [1.165, 1.54) is 4.68 Å². The molecule has 0 unspecified atom stereocenters. The maximum absolute atomic E-state index is 13.4. The van der Waals surface area contributed by atoms with Gasteiger partial charge in [-0.3, -0.25) is 9.48 Å². The first kappa shape index (κ1) is 27.3. The fraction of sp³-hybridized carbons (Fsp3) is 0.300. The largest absolute Gasteiger partial charge is 0.369 e. The number of primary amides is 1. The number of aryl methyl sites for hydroxylation is 2. The third-order valence-electron chi connectivity index (χ3n) is 6.04. The van der Waals surface area contributed by atoms with Crippen molar-refractivity contribution in [2.45, 2.75) is 36.6 Å². The van der Waals surface area contributed by atoms with E-state index in [0.717, 1.165) is 4.68 Å². The molecule has 3 N–H and O–H groups in total. The summed E-state index contributed by atoms with van der Waals surface area (Å²) in [5, 5.41) is 19.7. The van der Waals surface area contributed by atoms with Crippen LogP contribution in [0.1, 0.15) is 35.4 Å². The predicted molar refractivity (Wildman–Crippen MR) is 130 cm³/mol. The molecule has 0 spiro atoms. The number of halogens is 8. The van der Waals surface area contributed by atoms with Gasteiger partial charge >= 0.3 is 10.2 Å². The third-order valence-corrected chi connectivity index (χ3v) is 8.22. The topological polar surface area (TPSA) is 115 Å². The second kappa shape index (κ2) is 7.89. The summed E-state index contributed by atoms with van der Waals surface area (Å²) < 4.78 is 69.4. The van der Waals surface area contributed by atoms with E-state index in [4.69, 9.17) is 40.5 Å². The minimum absolute atomic E-state index is 0.0320. The van der Waals surface area contributed by atoms with Gasteiger partial charge < -0.3 is 11.1 Å². The number of nitrogens with zero attached hydrogens (tertiary/aromatic N) is 5. The van der Waals surface area contributed by atoms with E-state index in [2.05, 4.69) is 15.5 Å². The number of anilines is 1. The minimum Gasteiger partial charge on any atom is -0.369 e. The molecule has 0 saturated heterocycles. The average Bonchev–Trinajstić information content (AvgIpc) is 3.42. The van der Waals surface area contributed by atoms with Crippen molar-refractivity contribution in [1.82, 2.24) is 19.6 Å². The number of nitrogens with one attached hydrogen (secondary N) is 1. The third kappa shape index (κ3) is 4.69. The molecule has 0 atom stereocenters. The van der Waals surface area contributed by atoms with Crippen molar-refractivity contribution in [3.8, 4) is 11.8 Å². The Morgan fingerprint density at radius 3 is 2.16 bits per heavy atom. The van der Waals surface area contributed by atoms with Crippen molar-refractivity contribution in [2.75, 3.05) is 5.32 Å². The van der Waals surface area contributed by atoms with E-state index in [0.29, 0.717) is 11.3 Å². The zero-order chi connectivity index (χ0) is 27.8. The molecule has 1 aliphatic carbocycles. The molecule has 1 saturated carbocycles. The smallest absolute Gasteiger partial charge is 0.310 e. The number of benzene rings is 1. The summed E-state index contributed by atoms with van der Waals surface area (Å²) in [5.41, 5.74) is 4.77. The summed E-state index contributed by atoms with van der Waals surface area (Å²) in [6.07, 6.45) is 0.545. The van der Waals surface area contributed by atoms with E-state index in [9.17, 15) is 29.5 Å². The van der Waals surface area contributed by atoms with Crippen LogP contribution >= 0.6 is 45.0 Å². The second-order valence-electron chi connectivity index (χ2n) is 8.58. The standard InChI is InChI=1S/C20H17Cl3F5N7OS/c1-9-11(17(23)34(2)32-9)8-31-18-15(20(3-4-20)19(30)36)14(7-29)33-35(18)16-12(21)5-10(6-13(16)22)37(24,25,26,27)28/h5-6,31H,3-4,8H2,1-2H3,(H2,30,36). The Morgan fingerprint density at radius 1 is 1.19 bits per heavy atom. The molecular weight excluding hydrogens is 588 g/mol. The van der Waals surface area contributed by atoms with Gasteiger partial charge in [0.1, 0.15) is 27.6 Å². The van der Waals surface area contributed by atoms with Gasteiger partial charge in [0, 0.05) is 24.7 Å². The van der Waals surface area contributed by atoms with Crippen LogP contribution in [-0.2, 0) is 23.8 Å². The number of nitriles is 1. The maximum Gasteiger partial charge on any atom is 0.310 e. The van der Waals surface area contributed by atoms with E-state index < -0.39 is 42.2 Å². The van der Waals surface area contributed by atoms with Crippen LogP contribution in [0.5, 0.6) is 0 Å². The summed E-state index contributed by atoms with van der Waals surface area (Å²) >= 11 is 18.4. The molecule has 8 nitrogen and oxygen atoms in total. The van der Waals surface area contributed by atoms with Crippen LogP contribution in [0.25, 0.3) is 5.69 Å². The Hall–Kier alpha value is -2.73. The number of nitrogens with two attached hydrogens (primary N) is 1. The molecule has 1 aromatic carbocycles. The molecule has 4 rings (SSSR count). The van der Waals surface area contributed by atoms with Gasteiger partial charge in [-0.15, -0.1) is 0 Å². The van der Waals surface area contributed by atoms with Crippen molar-refractivity contribution in [3.63, 3.8) is 0 Å². The van der Waals surface area contributed by atoms with E-state index in [1.807, 2.05) is 6.07 Å². The molecule has 1 aliphatic rings. The Kier molecular flexibility index (Phi) is 5.82. The van der Waals surface area contributed by atoms with Crippen molar-refractivity contribution < 1.29 is 24.2 Å². The Bertz CT molecular complexity index is 1500. The van der Waals surface area contributed by atoms with Gasteiger partial charge in [0.15, 0.2) is 5.69 Å². The van der Waals surface area contributed by atoms with Crippen LogP contribution in [0.15, 0.2) is 17.0 Å². The lowest BCUT2D eigenvalue weighted by Gasteiger charge is -2.40. The summed E-state index contributed by atoms with van der Waals surface area (Å²) in [6.45, 7) is 1.65. The SMILES string of the molecule is Cc1nn(C)c(Cl)c1CNc1c(C2(C(N)=O)CC2)c(C#N)nn1-c1c(Cl)cc(S(F)(F)(F)(F)F)cc1Cl. The number of hydrogen-bond acceptors (Lipinski definition) is 5. The fourth-order valence-corrected chi connectivity index (χ4v) is 5.73. The molecule has 37 heavy (non-hydrogen) atoms. The van der Waals surface area contributed by atoms with Crippen molar-refractivity contribution in [3.05, 3.63) is 49.8 Å². The Labute approximate surface area is 221 Å². The second-order valence-corrected chi connectivity index (χ2v) is 12.2. The lowest BCUT2D eigenvalue weighted by molar-refractivity contribution is -0.120. The molecular formula is C20H17Cl3F5N7OS. The molecule has 0 aliphatic heterocycles. The molecule has 2 aromatic heterocycles. The van der Waals surface area contributed by atoms with Crippen LogP contribution in [0, 0.1) is 18.3 Å². The first-order valence-electron chi connectivity index (χ1n) is 10.3. The molecule has 1 amide bonds. The van der Waals surface area contributed by atoms with Gasteiger partial charge in [0.25, 0.3) is 0 Å². The maximum atomic E-state index is 13.4. The Balaban J connectivity index is 1.96. The van der Waals surface area contributed by atoms with Crippen LogP contribution in [0.4, 0.5) is 25.2 Å². The summed E-state index contributed by atoms with van der Waals surface area (Å²) in [7, 11) is -8.52. The highest BCUT2D eigenvalue weighted by molar-refractivity contribution is 8.45. The molecule has 200 valence electrons. The van der Waals surface area contributed by atoms with Gasteiger partial charge in [0.2, 0.25) is 5.91 Å². The first-order chi connectivity index (χ1) is 16.8. The van der Waals surface area contributed by atoms with E-state index >= 15 is 0 Å². The lowest BCUT2D eigenvalue weighted by Crippen LogP contribution is -2.29. The molecule has 17 heteroatoms. The van der Waals surface area contributed by atoms with E-state index in [1.54, 1.807) is 14.0 Å². The zero-order valence-electron chi connectivity index (χ0n) is 18.9. The summed E-state index contributed by atoms with van der Waals surface area (Å²) in [4.78, 5) is 10.1. The van der Waals surface area contributed by atoms with Gasteiger partial charge in [-0.25, -0.2) is 4.68 Å². The van der Waals surface area contributed by atoms with Crippen LogP contribution in [0.2, 0.25) is 15.2 Å². The number of aromatic nitrogens is 4. The molecule has 1 fully saturated rings. The van der Waals surface area contributed by atoms with Crippen molar-refractivity contribution >= 4 is 56.8 Å². The molecule has 2 heterocycles. The highest BCUT2D eigenvalue weighted by Crippen LogP contribution is 3.02. The fourth-order valence-electron chi connectivity index (χ4n) is 4.03. The van der Waals surface area contributed by atoms with Gasteiger partial charge in [-0.1, -0.05) is 54.2 Å². The van der Waals surface area contributed by atoms with Gasteiger partial charge in [-0.05, 0) is 31.9 Å². The molecule has 3 aromatic rings. The quantitative estimate of drug-likeness (QED) is 0.298. The normalized spacial score (nSPS) is 16.6. The number of carbonyl (C=O) groups is 1. The minimum atomic E-state index is -10.1. The van der Waals surface area contributed by atoms with Crippen LogP contribution in [0.3, 0.4) is 0 Å². The van der Waals surface area contributed by atoms with Crippen molar-refractivity contribution in [1.29, 1.82) is 5.26 Å². The lowest BCUT2D eigenvalue weighted by atomic mass is 9.94. The van der Waals surface area contributed by atoms with Crippen LogP contribution in [-0.4, -0.2) is 25.5 Å². The molecule has 0 bridgehead atoms. The number of rotatable bonds is 7. The Morgan fingerprint density at radius 2 is 1.76 bits per heavy atom. The van der Waals surface area contributed by atoms with Gasteiger partial charge in [-0.2, -0.15) is 15.5 Å². The van der Waals surface area contributed by atoms with Crippen LogP contribution < -0.4 is 11.1 Å². The van der Waals surface area contributed by atoms with E-state index in [-0.39, 0.29) is 53.7 Å². The van der Waals surface area contributed by atoms with Crippen molar-refractivity contribution in [2.24, 2.45) is 12.8 Å². The number of amides is 1. The average molecular weight is 605 g/mol. The monoisotopic (exact) mass is 603 g/mol. The number of carbonyl (C=O) groups excluding carboxylic acids is 1. The first-order valence-corrected chi connectivity index (χ1v) is 13.4. The summed E-state index contributed by atoms with van der Waals surface area (Å²) in [5.74, 6) is -0.799. The summed E-state index contributed by atoms with van der Waals surface area (Å²) in [6, 6.07) is 1.90. The number of hydrogen-bond donors (Lipinski definition) is 2. The molecule has 0 radical (unpaired) electrons. The highest BCUT2D eigenvalue weighted by Gasteiger charge is 2.65.